The van der Waals surface area contributed by atoms with Crippen molar-refractivity contribution in [1.82, 2.24) is 10.2 Å². The number of nitrogens with two attached hydrogens (primary N) is 1. The summed E-state index contributed by atoms with van der Waals surface area (Å²) in [6.07, 6.45) is 4.01. The molecule has 4 rings (SSSR count). The maximum absolute atomic E-state index is 6.86. The molecule has 1 heterocycles. The molecule has 3 aromatic carbocycles. The number of hydrogen-bond donors (Lipinski definition) is 3. The molecule has 0 amide bonds. The number of aliphatic imine (C=N–C) groups is 1. The topological polar surface area (TPSA) is 84.1 Å². The van der Waals surface area contributed by atoms with Crippen LogP contribution >= 0.6 is 0 Å². The second-order valence-corrected chi connectivity index (χ2v) is 9.61. The van der Waals surface area contributed by atoms with E-state index >= 15 is 0 Å². The van der Waals surface area contributed by atoms with Crippen LogP contribution in [0.15, 0.2) is 83.6 Å². The molecule has 1 atom stereocenters. The van der Waals surface area contributed by atoms with Crippen molar-refractivity contribution in [2.24, 2.45) is 10.7 Å². The van der Waals surface area contributed by atoms with Crippen LogP contribution in [0.3, 0.4) is 0 Å². The van der Waals surface area contributed by atoms with Crippen molar-refractivity contribution in [3.05, 3.63) is 95.3 Å². The molecule has 206 valence electrons. The molecule has 1 unspecified atom stereocenters. The summed E-state index contributed by atoms with van der Waals surface area (Å²) in [6, 6.07) is 24.2. The van der Waals surface area contributed by atoms with Gasteiger partial charge in [-0.1, -0.05) is 63.6 Å². The molecule has 0 radical (unpaired) electrons. The fraction of sp³-hybridized carbons (Fsp3) is 0.344. The average molecular weight is 528 g/mol. The third-order valence-electron chi connectivity index (χ3n) is 7.02. The van der Waals surface area contributed by atoms with E-state index in [1.54, 1.807) is 7.11 Å². The zero-order valence-corrected chi connectivity index (χ0v) is 23.5. The highest BCUT2D eigenvalue weighted by atomic mass is 16.5. The lowest BCUT2D eigenvalue weighted by Crippen LogP contribution is -2.51. The van der Waals surface area contributed by atoms with E-state index in [0.29, 0.717) is 6.61 Å². The summed E-state index contributed by atoms with van der Waals surface area (Å²) >= 11 is 0. The first-order chi connectivity index (χ1) is 19.0. The maximum Gasteiger partial charge on any atom is 0.210 e. The van der Waals surface area contributed by atoms with E-state index in [1.165, 1.54) is 5.56 Å². The van der Waals surface area contributed by atoms with Crippen LogP contribution in [0.5, 0.6) is 11.5 Å². The molecular formula is C32H41N5O2. The number of allylic oxidation sites excluding steroid dienone is 1. The molecule has 39 heavy (non-hydrogen) atoms. The van der Waals surface area contributed by atoms with E-state index in [2.05, 4.69) is 60.6 Å². The Hall–Kier alpha value is -3.81. The Kier molecular flexibility index (Phi) is 9.63. The molecule has 0 aromatic heterocycles. The van der Waals surface area contributed by atoms with Crippen molar-refractivity contribution in [3.63, 3.8) is 0 Å². The normalized spacial score (nSPS) is 16.8. The van der Waals surface area contributed by atoms with Gasteiger partial charge in [-0.05, 0) is 67.0 Å². The Bertz CT molecular complexity index is 1270. The highest BCUT2D eigenvalue weighted by molar-refractivity contribution is 6.12. The summed E-state index contributed by atoms with van der Waals surface area (Å²) in [6.45, 7) is 10.1. The number of hydrogen-bond acceptors (Lipinski definition) is 7. The lowest BCUT2D eigenvalue weighted by molar-refractivity contribution is 0.222. The Labute approximate surface area is 232 Å². The van der Waals surface area contributed by atoms with Crippen LogP contribution in [-0.4, -0.2) is 44.5 Å². The molecule has 0 fully saturated rings. The summed E-state index contributed by atoms with van der Waals surface area (Å²) < 4.78 is 11.6. The summed E-state index contributed by atoms with van der Waals surface area (Å²) in [5.41, 5.74) is 11.8. The van der Waals surface area contributed by atoms with Crippen molar-refractivity contribution < 1.29 is 9.47 Å². The first-order valence-electron chi connectivity index (χ1n) is 13.8. The molecule has 0 aliphatic carbocycles. The van der Waals surface area contributed by atoms with E-state index in [1.807, 2.05) is 54.7 Å². The SMILES string of the molecule is CCCc1ccc(C2=C(Nc3ccccc3OC)NC(N)(c3ccc(OCCN(CC)CC)cc3)N=C2)cc1. The molecule has 7 nitrogen and oxygen atoms in total. The predicted molar refractivity (Wildman–Crippen MR) is 161 cm³/mol. The molecule has 0 bridgehead atoms. The minimum Gasteiger partial charge on any atom is -0.495 e. The first-order valence-corrected chi connectivity index (χ1v) is 13.8. The smallest absolute Gasteiger partial charge is 0.210 e. The zero-order valence-electron chi connectivity index (χ0n) is 23.5. The lowest BCUT2D eigenvalue weighted by Gasteiger charge is -2.34. The number of ether oxygens (including phenoxy) is 2. The van der Waals surface area contributed by atoms with Crippen molar-refractivity contribution >= 4 is 17.5 Å². The van der Waals surface area contributed by atoms with Crippen molar-refractivity contribution in [1.29, 1.82) is 0 Å². The monoisotopic (exact) mass is 527 g/mol. The molecule has 1 aliphatic heterocycles. The van der Waals surface area contributed by atoms with Crippen LogP contribution in [0.2, 0.25) is 0 Å². The van der Waals surface area contributed by atoms with Crippen LogP contribution in [0.4, 0.5) is 5.69 Å². The van der Waals surface area contributed by atoms with Crippen molar-refractivity contribution in [2.75, 3.05) is 38.7 Å². The number of rotatable bonds is 13. The van der Waals surface area contributed by atoms with E-state index in [-0.39, 0.29) is 0 Å². The quantitative estimate of drug-likeness (QED) is 0.269. The predicted octanol–water partition coefficient (Wildman–Crippen LogP) is 5.59. The molecule has 0 saturated carbocycles. The first kappa shape index (κ1) is 28.2. The lowest BCUT2D eigenvalue weighted by atomic mass is 10.00. The fourth-order valence-corrected chi connectivity index (χ4v) is 4.65. The van der Waals surface area contributed by atoms with Crippen molar-refractivity contribution in [3.8, 4) is 11.5 Å². The Morgan fingerprint density at radius 1 is 0.949 bits per heavy atom. The fourth-order valence-electron chi connectivity index (χ4n) is 4.65. The number of para-hydroxylation sites is 2. The van der Waals surface area contributed by atoms with E-state index in [9.17, 15) is 0 Å². The third-order valence-corrected chi connectivity index (χ3v) is 7.02. The van der Waals surface area contributed by atoms with Crippen LogP contribution in [0.1, 0.15) is 43.9 Å². The second-order valence-electron chi connectivity index (χ2n) is 9.61. The second kappa shape index (κ2) is 13.3. The van der Waals surface area contributed by atoms with Crippen LogP contribution in [-0.2, 0) is 12.2 Å². The van der Waals surface area contributed by atoms with Gasteiger partial charge in [0.25, 0.3) is 0 Å². The molecule has 0 saturated heterocycles. The van der Waals surface area contributed by atoms with E-state index in [0.717, 1.165) is 72.2 Å². The maximum atomic E-state index is 6.86. The summed E-state index contributed by atoms with van der Waals surface area (Å²) in [7, 11) is 1.66. The van der Waals surface area contributed by atoms with Gasteiger partial charge in [-0.3, -0.25) is 5.73 Å². The molecule has 4 N–H and O–H groups in total. The number of benzene rings is 3. The molecule has 0 spiro atoms. The highest BCUT2D eigenvalue weighted by Gasteiger charge is 2.31. The summed E-state index contributed by atoms with van der Waals surface area (Å²) in [5.74, 6) is 1.14. The Morgan fingerprint density at radius 3 is 2.33 bits per heavy atom. The van der Waals surface area contributed by atoms with Gasteiger partial charge in [0.05, 0.1) is 12.8 Å². The third kappa shape index (κ3) is 6.99. The minimum absolute atomic E-state index is 0.640. The average Bonchev–Trinajstić information content (AvgIpc) is 2.97. The van der Waals surface area contributed by atoms with Crippen LogP contribution in [0.25, 0.3) is 5.57 Å². The van der Waals surface area contributed by atoms with Gasteiger partial charge in [0.2, 0.25) is 5.79 Å². The number of methoxy groups -OCH3 is 1. The zero-order chi connectivity index (χ0) is 27.7. The van der Waals surface area contributed by atoms with Crippen LogP contribution in [0, 0.1) is 0 Å². The van der Waals surface area contributed by atoms with Gasteiger partial charge in [0.15, 0.2) is 0 Å². The largest absolute Gasteiger partial charge is 0.495 e. The Balaban J connectivity index is 1.59. The minimum atomic E-state index is -1.16. The molecule has 7 heteroatoms. The molecule has 1 aliphatic rings. The molecular weight excluding hydrogens is 486 g/mol. The van der Waals surface area contributed by atoms with Gasteiger partial charge < -0.3 is 25.0 Å². The van der Waals surface area contributed by atoms with Crippen molar-refractivity contribution in [2.45, 2.75) is 39.4 Å². The van der Waals surface area contributed by atoms with Crippen LogP contribution < -0.4 is 25.8 Å². The number of aryl methyl sites for hydroxylation is 1. The number of likely N-dealkylation sites (N-methyl/N-ethyl adjacent to an activating group) is 1. The number of nitrogens with one attached hydrogen (secondary N) is 2. The summed E-state index contributed by atoms with van der Waals surface area (Å²) in [4.78, 5) is 7.12. The van der Waals surface area contributed by atoms with Gasteiger partial charge in [-0.2, -0.15) is 0 Å². The van der Waals surface area contributed by atoms with Gasteiger partial charge in [0, 0.05) is 23.9 Å². The standard InChI is InChI=1S/C32H41N5O2/c1-5-10-24-13-15-25(16-14-24)28-23-34-32(33,36-31(28)35-29-11-8-9-12-30(29)38-4)26-17-19-27(20-18-26)39-22-21-37(6-2)7-3/h8-9,11-20,23,35-36H,5-7,10,21-22,33H2,1-4H3. The van der Waals surface area contributed by atoms with Gasteiger partial charge >= 0.3 is 0 Å². The van der Waals surface area contributed by atoms with Gasteiger partial charge in [-0.25, -0.2) is 4.99 Å². The molecule has 3 aromatic rings. The Morgan fingerprint density at radius 2 is 1.67 bits per heavy atom. The van der Waals surface area contributed by atoms with E-state index < -0.39 is 5.79 Å². The van der Waals surface area contributed by atoms with Gasteiger partial charge in [-0.15, -0.1) is 0 Å². The number of nitrogens with zero attached hydrogens (tertiary/aromatic N) is 2. The number of anilines is 1. The van der Waals surface area contributed by atoms with E-state index in [4.69, 9.17) is 20.2 Å². The van der Waals surface area contributed by atoms with Gasteiger partial charge in [0.1, 0.15) is 23.9 Å². The highest BCUT2D eigenvalue weighted by Crippen LogP contribution is 2.31. The summed E-state index contributed by atoms with van der Waals surface area (Å²) in [5, 5.41) is 6.99.